The first-order valence-corrected chi connectivity index (χ1v) is 4.94. The minimum Gasteiger partial charge on any atom is -0.479 e. The molecule has 2 aromatic rings. The maximum Gasteiger partial charge on any atom is 0.341 e. The fraction of sp³-hybridized carbons (Fsp3) is 0.200. The number of aliphatic carboxylic acids is 1. The molecule has 0 radical (unpaired) electrons. The van der Waals surface area contributed by atoms with Crippen LogP contribution in [0.15, 0.2) is 18.3 Å². The summed E-state index contributed by atoms with van der Waals surface area (Å²) in [4.78, 5) is 18.1. The van der Waals surface area contributed by atoms with E-state index in [9.17, 15) is 9.18 Å². The van der Waals surface area contributed by atoms with Gasteiger partial charge in [0, 0.05) is 13.2 Å². The number of halogens is 1. The molecule has 7 nitrogen and oxygen atoms in total. The predicted octanol–water partition coefficient (Wildman–Crippen LogP) is 0.480. The van der Waals surface area contributed by atoms with Gasteiger partial charge in [0.2, 0.25) is 0 Å². The van der Waals surface area contributed by atoms with Crippen molar-refractivity contribution in [1.29, 1.82) is 0 Å². The Morgan fingerprint density at radius 1 is 1.61 bits per heavy atom. The van der Waals surface area contributed by atoms with Gasteiger partial charge in [0.15, 0.2) is 18.2 Å². The molecule has 0 aliphatic rings. The summed E-state index contributed by atoms with van der Waals surface area (Å²) in [5.74, 6) is -1.53. The van der Waals surface area contributed by atoms with Crippen molar-refractivity contribution in [1.82, 2.24) is 19.7 Å². The molecule has 1 N–H and O–H groups in total. The molecule has 2 rings (SSSR count). The monoisotopic (exact) mass is 252 g/mol. The minimum absolute atomic E-state index is 0.0256. The van der Waals surface area contributed by atoms with E-state index in [-0.39, 0.29) is 17.5 Å². The Morgan fingerprint density at radius 3 is 3.06 bits per heavy atom. The number of rotatable bonds is 4. The average molecular weight is 252 g/mol. The maximum atomic E-state index is 13.5. The first-order valence-electron chi connectivity index (χ1n) is 4.94. The van der Waals surface area contributed by atoms with Gasteiger partial charge >= 0.3 is 12.0 Å². The third-order valence-electron chi connectivity index (χ3n) is 2.04. The van der Waals surface area contributed by atoms with E-state index in [1.54, 1.807) is 0 Å². The molecule has 18 heavy (non-hydrogen) atoms. The molecule has 0 atom stereocenters. The van der Waals surface area contributed by atoms with Crippen LogP contribution < -0.4 is 4.74 Å². The Bertz CT molecular complexity index is 584. The summed E-state index contributed by atoms with van der Waals surface area (Å²) in [6, 6.07) is 2.56. The van der Waals surface area contributed by atoms with Crippen molar-refractivity contribution in [3.8, 4) is 17.5 Å². The van der Waals surface area contributed by atoms with Crippen molar-refractivity contribution in [2.24, 2.45) is 7.05 Å². The fourth-order valence-corrected chi connectivity index (χ4v) is 1.30. The molecular formula is C10H9FN4O3. The SMILES string of the molecule is Cn1nc(OCC(=O)O)nc1-c1ncccc1F. The van der Waals surface area contributed by atoms with Gasteiger partial charge in [0.1, 0.15) is 5.69 Å². The number of carbonyl (C=O) groups is 1. The van der Waals surface area contributed by atoms with Crippen molar-refractivity contribution in [3.05, 3.63) is 24.1 Å². The van der Waals surface area contributed by atoms with E-state index in [1.807, 2.05) is 0 Å². The standard InChI is InChI=1S/C10H9FN4O3/c1-15-9(8-6(11)3-2-4-12-8)13-10(14-15)18-5-7(16)17/h2-4H,5H2,1H3,(H,16,17). The van der Waals surface area contributed by atoms with E-state index >= 15 is 0 Å². The molecule has 0 amide bonds. The zero-order valence-corrected chi connectivity index (χ0v) is 9.37. The van der Waals surface area contributed by atoms with Crippen molar-refractivity contribution < 1.29 is 19.0 Å². The largest absolute Gasteiger partial charge is 0.479 e. The fourth-order valence-electron chi connectivity index (χ4n) is 1.30. The first kappa shape index (κ1) is 12.0. The van der Waals surface area contributed by atoms with Crippen LogP contribution in [0.4, 0.5) is 4.39 Å². The highest BCUT2D eigenvalue weighted by atomic mass is 19.1. The lowest BCUT2D eigenvalue weighted by atomic mass is 10.3. The highest BCUT2D eigenvalue weighted by molar-refractivity contribution is 5.68. The molecule has 0 aliphatic carbocycles. The minimum atomic E-state index is -1.15. The molecule has 0 spiro atoms. The summed E-state index contributed by atoms with van der Waals surface area (Å²) in [5, 5.41) is 12.3. The Labute approximate surface area is 101 Å². The maximum absolute atomic E-state index is 13.5. The average Bonchev–Trinajstić information content (AvgIpc) is 2.69. The van der Waals surface area contributed by atoms with Gasteiger partial charge < -0.3 is 9.84 Å². The van der Waals surface area contributed by atoms with Crippen LogP contribution >= 0.6 is 0 Å². The van der Waals surface area contributed by atoms with Crippen molar-refractivity contribution in [2.75, 3.05) is 6.61 Å². The highest BCUT2D eigenvalue weighted by Gasteiger charge is 2.15. The van der Waals surface area contributed by atoms with Gasteiger partial charge in [-0.15, -0.1) is 5.10 Å². The summed E-state index contributed by atoms with van der Waals surface area (Å²) in [5.41, 5.74) is 0.0256. The molecule has 0 aromatic carbocycles. The number of nitrogens with zero attached hydrogens (tertiary/aromatic N) is 4. The van der Waals surface area contributed by atoms with Gasteiger partial charge in [-0.1, -0.05) is 0 Å². The van der Waals surface area contributed by atoms with Crippen molar-refractivity contribution in [2.45, 2.75) is 0 Å². The third kappa shape index (κ3) is 2.42. The van der Waals surface area contributed by atoms with Gasteiger partial charge in [-0.25, -0.2) is 18.9 Å². The van der Waals surface area contributed by atoms with Crippen LogP contribution in [-0.4, -0.2) is 37.4 Å². The Morgan fingerprint density at radius 2 is 2.39 bits per heavy atom. The van der Waals surface area contributed by atoms with E-state index in [1.165, 1.54) is 30.1 Å². The van der Waals surface area contributed by atoms with Crippen LogP contribution in [-0.2, 0) is 11.8 Å². The molecule has 0 saturated carbocycles. The molecule has 94 valence electrons. The van der Waals surface area contributed by atoms with Crippen molar-refractivity contribution in [3.63, 3.8) is 0 Å². The summed E-state index contributed by atoms with van der Waals surface area (Å²) in [6.07, 6.45) is 1.42. The Hall–Kier alpha value is -2.51. The summed E-state index contributed by atoms with van der Waals surface area (Å²) >= 11 is 0. The van der Waals surface area contributed by atoms with Crippen LogP contribution in [0.2, 0.25) is 0 Å². The lowest BCUT2D eigenvalue weighted by Gasteiger charge is -1.98. The number of hydrogen-bond acceptors (Lipinski definition) is 5. The first-order chi connectivity index (χ1) is 8.58. The lowest BCUT2D eigenvalue weighted by Crippen LogP contribution is -2.10. The topological polar surface area (TPSA) is 90.1 Å². The molecule has 0 aliphatic heterocycles. The smallest absolute Gasteiger partial charge is 0.341 e. The molecule has 8 heteroatoms. The second-order valence-corrected chi connectivity index (χ2v) is 3.36. The second-order valence-electron chi connectivity index (χ2n) is 3.36. The number of ether oxygens (including phenoxy) is 1. The second kappa shape index (κ2) is 4.78. The molecule has 0 saturated heterocycles. The van der Waals surface area contributed by atoms with Gasteiger partial charge in [0.25, 0.3) is 0 Å². The zero-order chi connectivity index (χ0) is 13.1. The van der Waals surface area contributed by atoms with Crippen LogP contribution in [0.1, 0.15) is 0 Å². The molecule has 0 unspecified atom stereocenters. The quantitative estimate of drug-likeness (QED) is 0.851. The molecule has 0 fully saturated rings. The Kier molecular flexibility index (Phi) is 3.18. The van der Waals surface area contributed by atoms with Crippen LogP contribution in [0, 0.1) is 5.82 Å². The molecule has 2 aromatic heterocycles. The molecule has 2 heterocycles. The number of aryl methyl sites for hydroxylation is 1. The van der Waals surface area contributed by atoms with Crippen LogP contribution in [0.5, 0.6) is 6.01 Å². The predicted molar refractivity (Wildman–Crippen MR) is 57.3 cm³/mol. The van der Waals surface area contributed by atoms with E-state index in [4.69, 9.17) is 9.84 Å². The van der Waals surface area contributed by atoms with Gasteiger partial charge in [-0.3, -0.25) is 0 Å². The van der Waals surface area contributed by atoms with Crippen molar-refractivity contribution >= 4 is 5.97 Å². The lowest BCUT2D eigenvalue weighted by molar-refractivity contribution is -0.139. The van der Waals surface area contributed by atoms with Crippen LogP contribution in [0.3, 0.4) is 0 Å². The Balaban J connectivity index is 2.30. The van der Waals surface area contributed by atoms with E-state index in [2.05, 4.69) is 15.1 Å². The van der Waals surface area contributed by atoms with Gasteiger partial charge in [0.05, 0.1) is 0 Å². The number of hydrogen-bond donors (Lipinski definition) is 1. The van der Waals surface area contributed by atoms with Gasteiger partial charge in [-0.2, -0.15) is 4.98 Å². The number of carboxylic acid groups (broad SMARTS) is 1. The highest BCUT2D eigenvalue weighted by Crippen LogP contribution is 2.19. The zero-order valence-electron chi connectivity index (χ0n) is 9.37. The molecular weight excluding hydrogens is 243 g/mol. The van der Waals surface area contributed by atoms with E-state index < -0.39 is 18.4 Å². The number of carboxylic acids is 1. The van der Waals surface area contributed by atoms with Gasteiger partial charge in [-0.05, 0) is 12.1 Å². The van der Waals surface area contributed by atoms with Crippen LogP contribution in [0.25, 0.3) is 11.5 Å². The molecule has 0 bridgehead atoms. The third-order valence-corrected chi connectivity index (χ3v) is 2.04. The number of pyridine rings is 1. The summed E-state index contributed by atoms with van der Waals surface area (Å²) in [7, 11) is 1.53. The normalized spacial score (nSPS) is 10.3. The van der Waals surface area contributed by atoms with E-state index in [0.717, 1.165) is 0 Å². The number of aromatic nitrogens is 4. The summed E-state index contributed by atoms with van der Waals surface area (Å²) < 4.78 is 19.6. The van der Waals surface area contributed by atoms with E-state index in [0.29, 0.717) is 0 Å². The summed E-state index contributed by atoms with van der Waals surface area (Å²) in [6.45, 7) is -0.561.